The predicted molar refractivity (Wildman–Crippen MR) is 87.4 cm³/mol. The van der Waals surface area contributed by atoms with Crippen LogP contribution in [-0.4, -0.2) is 49.2 Å². The monoisotopic (exact) mass is 298 g/mol. The van der Waals surface area contributed by atoms with Gasteiger partial charge in [0.2, 0.25) is 0 Å². The van der Waals surface area contributed by atoms with Crippen molar-refractivity contribution in [2.75, 3.05) is 26.7 Å². The molecule has 0 spiro atoms. The Morgan fingerprint density at radius 2 is 2.05 bits per heavy atom. The normalized spacial score (nSPS) is 19.3. The summed E-state index contributed by atoms with van der Waals surface area (Å²) in [7, 11) is 1.51. The lowest BCUT2D eigenvalue weighted by atomic mass is 9.91. The lowest BCUT2D eigenvalue weighted by molar-refractivity contribution is -0.151. The van der Waals surface area contributed by atoms with E-state index in [0.29, 0.717) is 12.0 Å². The van der Waals surface area contributed by atoms with Gasteiger partial charge in [0.15, 0.2) is 0 Å². The largest absolute Gasteiger partial charge is 0.468 e. The minimum atomic E-state index is -0.513. The van der Waals surface area contributed by atoms with E-state index in [1.165, 1.54) is 20.0 Å². The van der Waals surface area contributed by atoms with Crippen LogP contribution in [0.25, 0.3) is 0 Å². The van der Waals surface area contributed by atoms with E-state index in [9.17, 15) is 4.79 Å². The van der Waals surface area contributed by atoms with E-state index in [0.717, 1.165) is 38.9 Å². The SMILES string of the molecule is CCCCN(CC(NCC)(C(=O)OC)C1CC1)C(C)CC. The summed E-state index contributed by atoms with van der Waals surface area (Å²) in [4.78, 5) is 15.0. The van der Waals surface area contributed by atoms with Crippen molar-refractivity contribution in [1.82, 2.24) is 10.2 Å². The Kier molecular flexibility index (Phi) is 7.67. The minimum absolute atomic E-state index is 0.0864. The van der Waals surface area contributed by atoms with Crippen LogP contribution in [0.3, 0.4) is 0 Å². The Labute approximate surface area is 130 Å². The summed E-state index contributed by atoms with van der Waals surface area (Å²) in [6.07, 6.45) is 5.73. The second kappa shape index (κ2) is 8.74. The summed E-state index contributed by atoms with van der Waals surface area (Å²) in [6, 6.07) is 0.498. The first-order valence-electron chi connectivity index (χ1n) is 8.63. The van der Waals surface area contributed by atoms with Gasteiger partial charge in [0, 0.05) is 12.6 Å². The van der Waals surface area contributed by atoms with Gasteiger partial charge in [0.05, 0.1) is 7.11 Å². The van der Waals surface area contributed by atoms with Crippen molar-refractivity contribution in [3.63, 3.8) is 0 Å². The average Bonchev–Trinajstić information content (AvgIpc) is 3.33. The van der Waals surface area contributed by atoms with E-state index in [2.05, 4.69) is 37.9 Å². The molecule has 4 heteroatoms. The highest BCUT2D eigenvalue weighted by Crippen LogP contribution is 2.41. The third-order valence-electron chi connectivity index (χ3n) is 4.78. The van der Waals surface area contributed by atoms with E-state index in [4.69, 9.17) is 4.74 Å². The van der Waals surface area contributed by atoms with Crippen LogP contribution in [0.15, 0.2) is 0 Å². The molecule has 124 valence electrons. The maximum Gasteiger partial charge on any atom is 0.327 e. The zero-order valence-corrected chi connectivity index (χ0v) is 14.6. The number of rotatable bonds is 11. The smallest absolute Gasteiger partial charge is 0.327 e. The van der Waals surface area contributed by atoms with E-state index in [1.54, 1.807) is 0 Å². The van der Waals surface area contributed by atoms with E-state index in [1.807, 2.05) is 0 Å². The molecule has 0 aromatic rings. The molecule has 21 heavy (non-hydrogen) atoms. The van der Waals surface area contributed by atoms with Crippen LogP contribution < -0.4 is 5.32 Å². The number of ether oxygens (including phenoxy) is 1. The second-order valence-corrected chi connectivity index (χ2v) is 6.35. The van der Waals surface area contributed by atoms with Gasteiger partial charge < -0.3 is 10.1 Å². The topological polar surface area (TPSA) is 41.6 Å². The van der Waals surface area contributed by atoms with Gasteiger partial charge in [-0.1, -0.05) is 27.2 Å². The quantitative estimate of drug-likeness (QED) is 0.596. The maximum absolute atomic E-state index is 12.5. The van der Waals surface area contributed by atoms with Crippen molar-refractivity contribution < 1.29 is 9.53 Å². The number of hydrogen-bond donors (Lipinski definition) is 1. The second-order valence-electron chi connectivity index (χ2n) is 6.35. The molecule has 4 nitrogen and oxygen atoms in total. The van der Waals surface area contributed by atoms with Gasteiger partial charge in [-0.2, -0.15) is 0 Å². The van der Waals surface area contributed by atoms with Crippen LogP contribution in [0.5, 0.6) is 0 Å². The highest BCUT2D eigenvalue weighted by molar-refractivity contribution is 5.82. The summed E-state index contributed by atoms with van der Waals surface area (Å²) >= 11 is 0. The van der Waals surface area contributed by atoms with Crippen molar-refractivity contribution in [3.05, 3.63) is 0 Å². The Balaban J connectivity index is 2.91. The van der Waals surface area contributed by atoms with Gasteiger partial charge in [-0.05, 0) is 51.6 Å². The molecule has 2 unspecified atom stereocenters. The van der Waals surface area contributed by atoms with Crippen molar-refractivity contribution in [2.24, 2.45) is 5.92 Å². The molecule has 1 aliphatic carbocycles. The molecule has 1 aliphatic rings. The van der Waals surface area contributed by atoms with E-state index < -0.39 is 5.54 Å². The van der Waals surface area contributed by atoms with Crippen LogP contribution >= 0.6 is 0 Å². The molecular formula is C17H34N2O2. The van der Waals surface area contributed by atoms with Crippen LogP contribution in [0.1, 0.15) is 59.8 Å². The Morgan fingerprint density at radius 1 is 1.38 bits per heavy atom. The molecule has 0 aliphatic heterocycles. The molecule has 1 rings (SSSR count). The van der Waals surface area contributed by atoms with Crippen molar-refractivity contribution in [1.29, 1.82) is 0 Å². The Hall–Kier alpha value is -0.610. The maximum atomic E-state index is 12.5. The van der Waals surface area contributed by atoms with Crippen molar-refractivity contribution in [3.8, 4) is 0 Å². The molecule has 0 aromatic heterocycles. The molecule has 1 N–H and O–H groups in total. The standard InChI is InChI=1S/C17H34N2O2/c1-6-9-12-19(14(4)7-2)13-17(18-8-3,15-10-11-15)16(20)21-5/h14-15,18H,6-13H2,1-5H3. The summed E-state index contributed by atoms with van der Waals surface area (Å²) in [6.45, 7) is 11.4. The molecule has 0 aromatic carbocycles. The van der Waals surface area contributed by atoms with Crippen LogP contribution in [0.4, 0.5) is 0 Å². The van der Waals surface area contributed by atoms with Gasteiger partial charge >= 0.3 is 5.97 Å². The van der Waals surface area contributed by atoms with Gasteiger partial charge in [0.25, 0.3) is 0 Å². The minimum Gasteiger partial charge on any atom is -0.468 e. The number of nitrogens with zero attached hydrogens (tertiary/aromatic N) is 1. The van der Waals surface area contributed by atoms with Crippen molar-refractivity contribution >= 4 is 5.97 Å². The Bertz CT molecular complexity index is 318. The molecule has 1 fully saturated rings. The first-order valence-corrected chi connectivity index (χ1v) is 8.63. The third-order valence-corrected chi connectivity index (χ3v) is 4.78. The summed E-state index contributed by atoms with van der Waals surface area (Å²) in [5, 5.41) is 3.48. The summed E-state index contributed by atoms with van der Waals surface area (Å²) in [5.41, 5.74) is -0.513. The third kappa shape index (κ3) is 4.68. The van der Waals surface area contributed by atoms with Crippen LogP contribution in [-0.2, 0) is 9.53 Å². The fraction of sp³-hybridized carbons (Fsp3) is 0.941. The highest BCUT2D eigenvalue weighted by Gasteiger charge is 2.52. The fourth-order valence-corrected chi connectivity index (χ4v) is 3.10. The van der Waals surface area contributed by atoms with Gasteiger partial charge in [0.1, 0.15) is 5.54 Å². The van der Waals surface area contributed by atoms with E-state index >= 15 is 0 Å². The average molecular weight is 298 g/mol. The first kappa shape index (κ1) is 18.4. The highest BCUT2D eigenvalue weighted by atomic mass is 16.5. The fourth-order valence-electron chi connectivity index (χ4n) is 3.10. The number of esters is 1. The zero-order chi connectivity index (χ0) is 15.9. The lowest BCUT2D eigenvalue weighted by Crippen LogP contribution is -2.62. The van der Waals surface area contributed by atoms with Crippen LogP contribution in [0, 0.1) is 5.92 Å². The van der Waals surface area contributed by atoms with Crippen LogP contribution in [0.2, 0.25) is 0 Å². The Morgan fingerprint density at radius 3 is 2.48 bits per heavy atom. The molecule has 0 radical (unpaired) electrons. The molecule has 0 amide bonds. The lowest BCUT2D eigenvalue weighted by Gasteiger charge is -2.39. The van der Waals surface area contributed by atoms with Gasteiger partial charge in [-0.25, -0.2) is 4.79 Å². The number of likely N-dealkylation sites (N-methyl/N-ethyl adjacent to an activating group) is 1. The number of hydrogen-bond acceptors (Lipinski definition) is 4. The zero-order valence-electron chi connectivity index (χ0n) is 14.6. The van der Waals surface area contributed by atoms with Crippen molar-refractivity contribution in [2.45, 2.75) is 71.4 Å². The van der Waals surface area contributed by atoms with E-state index in [-0.39, 0.29) is 5.97 Å². The van der Waals surface area contributed by atoms with Gasteiger partial charge in [-0.15, -0.1) is 0 Å². The number of methoxy groups -OCH3 is 1. The first-order chi connectivity index (χ1) is 10.1. The summed E-state index contributed by atoms with van der Waals surface area (Å²) in [5.74, 6) is 0.342. The molecule has 0 bridgehead atoms. The number of unbranched alkanes of at least 4 members (excludes halogenated alkanes) is 1. The number of carbonyl (C=O) groups is 1. The number of carbonyl (C=O) groups excluding carboxylic acids is 1. The number of nitrogens with one attached hydrogen (secondary N) is 1. The predicted octanol–water partition coefficient (Wildman–Crippen LogP) is 2.82. The van der Waals surface area contributed by atoms with Gasteiger partial charge in [-0.3, -0.25) is 4.90 Å². The molecule has 0 saturated heterocycles. The molecule has 1 saturated carbocycles. The molecule has 0 heterocycles. The molecular weight excluding hydrogens is 264 g/mol. The summed E-state index contributed by atoms with van der Waals surface area (Å²) < 4.78 is 5.16. The molecule has 2 atom stereocenters.